The molecule has 0 aliphatic heterocycles. The van der Waals surface area contributed by atoms with Gasteiger partial charge in [0.1, 0.15) is 0 Å². The molecule has 3 amide bonds. The Hall–Kier alpha value is -1.79. The summed E-state index contributed by atoms with van der Waals surface area (Å²) in [5.74, 6) is -0.512. The van der Waals surface area contributed by atoms with Gasteiger partial charge in [-0.05, 0) is 17.7 Å². The molecule has 0 radical (unpaired) electrons. The molecule has 0 aliphatic carbocycles. The zero-order valence-corrected chi connectivity index (χ0v) is 10.5. The zero-order chi connectivity index (χ0) is 13.5. The average molecular weight is 271 g/mol. The third-order valence-electron chi connectivity index (χ3n) is 2.25. The molecule has 0 saturated heterocycles. The summed E-state index contributed by atoms with van der Waals surface area (Å²) in [6.45, 7) is 1.53. The number of nitrogens with two attached hydrogens (primary N) is 2. The molecule has 6 nitrogen and oxygen atoms in total. The molecule has 0 aliphatic rings. The van der Waals surface area contributed by atoms with Gasteiger partial charge in [-0.3, -0.25) is 4.79 Å². The van der Waals surface area contributed by atoms with Crippen LogP contribution >= 0.6 is 11.6 Å². The number of carbonyl (C=O) groups is 2. The fourth-order valence-electron chi connectivity index (χ4n) is 1.34. The van der Waals surface area contributed by atoms with Gasteiger partial charge in [0.05, 0.1) is 0 Å². The van der Waals surface area contributed by atoms with Gasteiger partial charge in [-0.1, -0.05) is 17.7 Å². The summed E-state index contributed by atoms with van der Waals surface area (Å²) < 4.78 is 0. The van der Waals surface area contributed by atoms with Crippen LogP contribution in [0.1, 0.15) is 15.9 Å². The quantitative estimate of drug-likeness (QED) is 0.554. The van der Waals surface area contributed by atoms with Gasteiger partial charge in [0.2, 0.25) is 5.91 Å². The molecule has 0 saturated carbocycles. The third-order valence-corrected chi connectivity index (χ3v) is 2.61. The first-order chi connectivity index (χ1) is 8.50. The van der Waals surface area contributed by atoms with Crippen LogP contribution in [0.3, 0.4) is 0 Å². The summed E-state index contributed by atoms with van der Waals surface area (Å²) in [7, 11) is 0. The number of nitrogens with one attached hydrogen (secondary N) is 2. The number of halogens is 1. The topological polar surface area (TPSA) is 110 Å². The molecule has 1 aromatic carbocycles. The van der Waals surface area contributed by atoms with E-state index in [9.17, 15) is 9.59 Å². The van der Waals surface area contributed by atoms with E-state index in [0.717, 1.165) is 5.56 Å². The Balaban J connectivity index is 2.43. The van der Waals surface area contributed by atoms with E-state index in [0.29, 0.717) is 30.2 Å². The highest BCUT2D eigenvalue weighted by Crippen LogP contribution is 2.17. The van der Waals surface area contributed by atoms with E-state index >= 15 is 0 Å². The monoisotopic (exact) mass is 270 g/mol. The van der Waals surface area contributed by atoms with Crippen LogP contribution in [-0.2, 0) is 6.54 Å². The van der Waals surface area contributed by atoms with Gasteiger partial charge in [0.25, 0.3) is 0 Å². The van der Waals surface area contributed by atoms with E-state index in [1.54, 1.807) is 12.1 Å². The predicted octanol–water partition coefficient (Wildman–Crippen LogP) is 0.197. The zero-order valence-electron chi connectivity index (χ0n) is 9.70. The summed E-state index contributed by atoms with van der Waals surface area (Å²) in [5, 5.41) is 6.00. The number of rotatable bonds is 6. The van der Waals surface area contributed by atoms with Crippen molar-refractivity contribution in [1.29, 1.82) is 0 Å². The van der Waals surface area contributed by atoms with Crippen LogP contribution in [0.5, 0.6) is 0 Å². The Bertz CT molecular complexity index is 451. The van der Waals surface area contributed by atoms with Gasteiger partial charge in [0.15, 0.2) is 0 Å². The van der Waals surface area contributed by atoms with E-state index in [1.807, 2.05) is 0 Å². The summed E-state index contributed by atoms with van der Waals surface area (Å²) in [6, 6.07) is 4.33. The minimum Gasteiger partial charge on any atom is -0.366 e. The summed E-state index contributed by atoms with van der Waals surface area (Å²) in [5.41, 5.74) is 11.3. The van der Waals surface area contributed by atoms with Crippen molar-refractivity contribution in [2.45, 2.75) is 6.54 Å². The molecule has 7 heteroatoms. The van der Waals surface area contributed by atoms with Crippen LogP contribution in [0, 0.1) is 0 Å². The van der Waals surface area contributed by atoms with Crippen molar-refractivity contribution in [2.24, 2.45) is 11.5 Å². The van der Waals surface area contributed by atoms with Crippen LogP contribution in [0.15, 0.2) is 18.2 Å². The molecule has 0 atom stereocenters. The van der Waals surface area contributed by atoms with Gasteiger partial charge < -0.3 is 22.1 Å². The van der Waals surface area contributed by atoms with Crippen molar-refractivity contribution < 1.29 is 9.59 Å². The second-order valence-electron chi connectivity index (χ2n) is 3.64. The molecule has 0 aromatic heterocycles. The number of benzene rings is 1. The molecule has 1 rings (SSSR count). The molecule has 0 fully saturated rings. The molecule has 98 valence electrons. The van der Waals surface area contributed by atoms with Crippen molar-refractivity contribution in [3.05, 3.63) is 34.3 Å². The number of primary amides is 2. The minimum atomic E-state index is -0.555. The molecule has 6 N–H and O–H groups in total. The van der Waals surface area contributed by atoms with E-state index in [-0.39, 0.29) is 0 Å². The molecule has 0 bridgehead atoms. The third kappa shape index (κ3) is 4.60. The van der Waals surface area contributed by atoms with Crippen molar-refractivity contribution in [1.82, 2.24) is 10.6 Å². The van der Waals surface area contributed by atoms with Crippen LogP contribution in [0.25, 0.3) is 0 Å². The van der Waals surface area contributed by atoms with Crippen LogP contribution < -0.4 is 22.1 Å². The van der Waals surface area contributed by atoms with Crippen LogP contribution in [0.4, 0.5) is 4.79 Å². The largest absolute Gasteiger partial charge is 0.366 e. The lowest BCUT2D eigenvalue weighted by Crippen LogP contribution is -2.35. The van der Waals surface area contributed by atoms with Gasteiger partial charge in [0, 0.05) is 30.2 Å². The number of hydrogen-bond acceptors (Lipinski definition) is 3. The Morgan fingerprint density at radius 3 is 2.50 bits per heavy atom. The lowest BCUT2D eigenvalue weighted by Gasteiger charge is -2.08. The Kier molecular flexibility index (Phi) is 5.41. The minimum absolute atomic E-state index is 0.374. The summed E-state index contributed by atoms with van der Waals surface area (Å²) >= 11 is 6.00. The van der Waals surface area contributed by atoms with Gasteiger partial charge >= 0.3 is 6.03 Å². The Labute approximate surface area is 110 Å². The molecular weight excluding hydrogens is 256 g/mol. The highest BCUT2D eigenvalue weighted by Gasteiger charge is 2.05. The fraction of sp³-hybridized carbons (Fsp3) is 0.273. The molecule has 0 spiro atoms. The normalized spacial score (nSPS) is 10.1. The molecule has 1 aromatic rings. The predicted molar refractivity (Wildman–Crippen MR) is 69.3 cm³/mol. The average Bonchev–Trinajstić information content (AvgIpc) is 2.29. The highest BCUT2D eigenvalue weighted by atomic mass is 35.5. The number of carbonyl (C=O) groups excluding carboxylic acids is 2. The van der Waals surface area contributed by atoms with E-state index in [2.05, 4.69) is 10.6 Å². The molecular formula is C11H15ClN4O2. The summed E-state index contributed by atoms with van der Waals surface area (Å²) in [6.07, 6.45) is 0. The first-order valence-electron chi connectivity index (χ1n) is 5.33. The maximum atomic E-state index is 10.9. The Morgan fingerprint density at radius 2 is 1.94 bits per heavy atom. The van der Waals surface area contributed by atoms with Crippen LogP contribution in [0.2, 0.25) is 5.02 Å². The van der Waals surface area contributed by atoms with Gasteiger partial charge in [-0.15, -0.1) is 0 Å². The SMILES string of the molecule is NC(=O)NCCNCc1ccc(C(N)=O)cc1Cl. The van der Waals surface area contributed by atoms with E-state index in [1.165, 1.54) is 6.07 Å². The van der Waals surface area contributed by atoms with Crippen molar-refractivity contribution in [2.75, 3.05) is 13.1 Å². The number of hydrogen-bond donors (Lipinski definition) is 4. The molecule has 18 heavy (non-hydrogen) atoms. The highest BCUT2D eigenvalue weighted by molar-refractivity contribution is 6.31. The van der Waals surface area contributed by atoms with Gasteiger partial charge in [-0.2, -0.15) is 0 Å². The second-order valence-corrected chi connectivity index (χ2v) is 4.05. The lowest BCUT2D eigenvalue weighted by molar-refractivity contribution is 0.1000. The molecule has 0 unspecified atom stereocenters. The van der Waals surface area contributed by atoms with E-state index < -0.39 is 11.9 Å². The van der Waals surface area contributed by atoms with Crippen LogP contribution in [-0.4, -0.2) is 25.0 Å². The Morgan fingerprint density at radius 1 is 1.22 bits per heavy atom. The van der Waals surface area contributed by atoms with Crippen molar-refractivity contribution in [3.63, 3.8) is 0 Å². The maximum absolute atomic E-state index is 10.9. The standard InChI is InChI=1S/C11H15ClN4O2/c12-9-5-7(10(13)17)1-2-8(9)6-15-3-4-16-11(14)18/h1-2,5,15H,3-4,6H2,(H2,13,17)(H3,14,16,18). The van der Waals surface area contributed by atoms with Gasteiger partial charge in [-0.25, -0.2) is 4.79 Å². The number of amides is 3. The fourth-order valence-corrected chi connectivity index (χ4v) is 1.59. The number of urea groups is 1. The summed E-state index contributed by atoms with van der Waals surface area (Å²) in [4.78, 5) is 21.3. The maximum Gasteiger partial charge on any atom is 0.312 e. The van der Waals surface area contributed by atoms with Crippen molar-refractivity contribution >= 4 is 23.5 Å². The first-order valence-corrected chi connectivity index (χ1v) is 5.70. The van der Waals surface area contributed by atoms with Crippen molar-refractivity contribution in [3.8, 4) is 0 Å². The smallest absolute Gasteiger partial charge is 0.312 e. The lowest BCUT2D eigenvalue weighted by atomic mass is 10.1. The second kappa shape index (κ2) is 6.83. The van der Waals surface area contributed by atoms with E-state index in [4.69, 9.17) is 23.1 Å². The first kappa shape index (κ1) is 14.3. The molecule has 0 heterocycles.